The van der Waals surface area contributed by atoms with E-state index in [0.29, 0.717) is 5.69 Å². The summed E-state index contributed by atoms with van der Waals surface area (Å²) in [6.45, 7) is 55.0. The SMILES string of the molecule is CC1(C)OB(B2OC(C)(C)C(C)(C)O2)OC1(C)C.CC1(C)OB(B2OC(C)(C)C(C)(C)O2)OC1(C)C.CC1(C)OB(c2ccc(N=S(C)(C)=O)cc2)OC1(C)C.CS(C)(=O)=Nc1ccc(Br)cc1.Cc1cc(-c2ccc(N=S(C)(C)=O)cc2)ccc1B1OC(C)(C)C(C)(C)O1.Cc1cc(-c2ccc(N=S(C)(C)=O)cc2)ccc1Br.Cc1cc(I)ccc1Br. The molecule has 0 aliphatic carbocycles. The molecule has 123 heavy (non-hydrogen) atoms. The van der Waals surface area contributed by atoms with E-state index in [1.54, 1.807) is 50.0 Å². The molecule has 0 amide bonds. The van der Waals surface area contributed by atoms with Crippen molar-refractivity contribution in [3.63, 3.8) is 0 Å². The monoisotopic (exact) mass is 2070 g/mol. The molecule has 0 aromatic heterocycles. The fourth-order valence-electron chi connectivity index (χ4n) is 12.1. The van der Waals surface area contributed by atoms with Crippen molar-refractivity contribution in [3.8, 4) is 22.3 Å². The summed E-state index contributed by atoms with van der Waals surface area (Å²) in [5, 5.41) is 0. The molecule has 0 bridgehead atoms. The number of aryl methyl sites for hydroxylation is 3. The molecule has 6 heterocycles. The Morgan fingerprint density at radius 3 is 0.740 bits per heavy atom. The van der Waals surface area contributed by atoms with Gasteiger partial charge in [-0.3, -0.25) is 0 Å². The molecular weight excluding hydrogens is 1940 g/mol. The van der Waals surface area contributed by atoms with Crippen LogP contribution in [0.2, 0.25) is 0 Å². The summed E-state index contributed by atoms with van der Waals surface area (Å²) >= 11 is 12.5. The smallest absolute Gasteiger partial charge is 0.405 e. The Bertz CT molecular complexity index is 5150. The molecule has 0 spiro atoms. The number of hydrogen-bond donors (Lipinski definition) is 0. The Morgan fingerprint density at radius 2 is 0.488 bits per heavy atom. The van der Waals surface area contributed by atoms with Crippen LogP contribution < -0.4 is 10.9 Å². The van der Waals surface area contributed by atoms with Crippen LogP contribution in [0.3, 0.4) is 0 Å². The Labute approximate surface area is 780 Å². The first-order valence-electron chi connectivity index (χ1n) is 40.8. The van der Waals surface area contributed by atoms with Gasteiger partial charge >= 0.3 is 42.3 Å². The van der Waals surface area contributed by atoms with Gasteiger partial charge in [0.1, 0.15) is 0 Å². The molecule has 13 rings (SSSR count). The number of halogens is 4. The van der Waals surface area contributed by atoms with Gasteiger partial charge in [-0.15, -0.1) is 0 Å². The van der Waals surface area contributed by atoms with Crippen molar-refractivity contribution in [2.24, 2.45) is 17.5 Å². The second-order valence-electron chi connectivity index (χ2n) is 38.9. The number of nitrogens with zero attached hydrogens (tertiary/aromatic N) is 4. The van der Waals surface area contributed by atoms with E-state index in [9.17, 15) is 16.8 Å². The lowest BCUT2D eigenvalue weighted by molar-refractivity contribution is 0.00578. The average molecular weight is 2070 g/mol. The Kier molecular flexibility index (Phi) is 34.5. The Balaban J connectivity index is 0.000000201. The third kappa shape index (κ3) is 29.5. The molecule has 7 aromatic carbocycles. The van der Waals surface area contributed by atoms with E-state index < -0.39 is 67.0 Å². The maximum atomic E-state index is 11.8. The normalized spacial score (nSPS) is 20.4. The minimum absolute atomic E-state index is 0.345. The summed E-state index contributed by atoms with van der Waals surface area (Å²) < 4.78 is 140. The second-order valence-corrected chi connectivity index (χ2v) is 52.9. The molecule has 6 aliphatic heterocycles. The van der Waals surface area contributed by atoms with Gasteiger partial charge < -0.3 is 55.9 Å². The first-order valence-corrected chi connectivity index (χ1v) is 53.6. The van der Waals surface area contributed by atoms with Gasteiger partial charge in [0.05, 0.1) is 90.0 Å². The quantitative estimate of drug-likeness (QED) is 0.0916. The van der Waals surface area contributed by atoms with E-state index in [0.717, 1.165) is 59.2 Å². The molecule has 0 N–H and O–H groups in total. The van der Waals surface area contributed by atoms with Gasteiger partial charge in [-0.2, -0.15) is 17.5 Å². The largest absolute Gasteiger partial charge is 0.495 e. The Hall–Kier alpha value is -3.58. The molecule has 6 fully saturated rings. The topological polar surface area (TPSA) is 228 Å². The van der Waals surface area contributed by atoms with Gasteiger partial charge in [0, 0.05) is 106 Å². The van der Waals surface area contributed by atoms with Crippen LogP contribution in [0, 0.1) is 24.3 Å². The Morgan fingerprint density at radius 1 is 0.268 bits per heavy atom. The van der Waals surface area contributed by atoms with Crippen molar-refractivity contribution in [1.82, 2.24) is 0 Å². The standard InChI is InChI=1S/C21H28BNO3S.C15H16BrNOS.C14H22BNO3S.2C12H24B2O4.C8H10BrNOS.C7H6BrI/c1-15-14-17(16-8-11-18(12-9-16)23-27(6,7)24)10-13-19(15)22-25-20(2,3)21(4,5)26-22;1-11-10-13(6-9-15(11)16)12-4-7-14(8-5-12)17-19(2,3)18;1-13(2)14(3,4)19-15(18-13)11-7-9-12(10-8-11)16-20(5,6)17;2*1-9(2)10(3,4)16-13(15-9)14-17-11(5,6)12(7,8)18-14;1-12(2,11)10-8-5-3-7(9)4-6-8;1-5-4-6(9)2-3-7(5)8/h8-14H,1-7H3;4-10H,1-3H3;7-10H,1-6H3;2*1-8H3;3-6H,1-2H3;2-4H,1H3. The fourth-order valence-corrected chi connectivity index (χ4v) is 16.1. The van der Waals surface area contributed by atoms with Crippen molar-refractivity contribution < 1.29 is 72.7 Å². The third-order valence-electron chi connectivity index (χ3n) is 23.5. The lowest BCUT2D eigenvalue weighted by Crippen LogP contribution is -2.41. The molecule has 6 aliphatic rings. The van der Waals surface area contributed by atoms with Crippen LogP contribution in [-0.4, -0.2) is 176 Å². The van der Waals surface area contributed by atoms with Crippen LogP contribution in [-0.2, 0) is 94.8 Å². The van der Waals surface area contributed by atoms with E-state index in [1.807, 2.05) is 242 Å². The highest BCUT2D eigenvalue weighted by Gasteiger charge is 2.66. The van der Waals surface area contributed by atoms with Crippen LogP contribution in [0.25, 0.3) is 22.3 Å². The molecule has 0 radical (unpaired) electrons. The van der Waals surface area contributed by atoms with E-state index >= 15 is 0 Å². The van der Waals surface area contributed by atoms with Crippen LogP contribution in [0.15, 0.2) is 183 Å². The molecule has 672 valence electrons. The number of benzene rings is 7. The lowest BCUT2D eigenvalue weighted by Gasteiger charge is -2.32. The predicted molar refractivity (Wildman–Crippen MR) is 537 cm³/mol. The first kappa shape index (κ1) is 106. The molecule has 7 aromatic rings. The zero-order chi connectivity index (χ0) is 93.3. The van der Waals surface area contributed by atoms with E-state index in [1.165, 1.54) is 24.7 Å². The molecule has 0 unspecified atom stereocenters. The first-order chi connectivity index (χ1) is 55.7. The highest BCUT2D eigenvalue weighted by molar-refractivity contribution is 14.1. The van der Waals surface area contributed by atoms with Crippen molar-refractivity contribution in [2.75, 3.05) is 50.0 Å². The van der Waals surface area contributed by atoms with Crippen LogP contribution >= 0.6 is 70.4 Å². The maximum absolute atomic E-state index is 11.8. The molecule has 34 heteroatoms. The van der Waals surface area contributed by atoms with Crippen molar-refractivity contribution >= 4 is 185 Å². The molecule has 0 atom stereocenters. The summed E-state index contributed by atoms with van der Waals surface area (Å²) in [4.78, 5) is 0. The summed E-state index contributed by atoms with van der Waals surface area (Å²) in [5.74, 6) is 0. The summed E-state index contributed by atoms with van der Waals surface area (Å²) in [6, 6.07) is 49.4. The van der Waals surface area contributed by atoms with Crippen molar-refractivity contribution in [2.45, 2.75) is 254 Å². The zero-order valence-corrected chi connectivity index (χ0v) is 89.0. The third-order valence-corrected chi connectivity index (χ3v) is 29.1. The zero-order valence-electron chi connectivity index (χ0n) is 78.9. The predicted octanol–water partition coefficient (Wildman–Crippen LogP) is 22.1. The highest BCUT2D eigenvalue weighted by atomic mass is 127. The van der Waals surface area contributed by atoms with Crippen LogP contribution in [0.5, 0.6) is 0 Å². The second kappa shape index (κ2) is 39.8. The minimum Gasteiger partial charge on any atom is -0.405 e. The lowest BCUT2D eigenvalue weighted by atomic mass is 9.49. The van der Waals surface area contributed by atoms with Crippen molar-refractivity contribution in [3.05, 3.63) is 185 Å². The molecular formula is C89H130B6Br3IN4O16S4. The summed E-state index contributed by atoms with van der Waals surface area (Å²) in [5.41, 5.74) is 8.84. The van der Waals surface area contributed by atoms with Gasteiger partial charge in [0.2, 0.25) is 0 Å². The average Bonchev–Trinajstić information content (AvgIpc) is 1.60. The van der Waals surface area contributed by atoms with E-state index in [4.69, 9.17) is 55.9 Å². The van der Waals surface area contributed by atoms with Crippen LogP contribution in [0.4, 0.5) is 22.7 Å². The minimum atomic E-state index is -2.15. The van der Waals surface area contributed by atoms with Gasteiger partial charge in [-0.05, 0) is 339 Å². The number of hydrogen-bond acceptors (Lipinski definition) is 20. The highest BCUT2D eigenvalue weighted by Crippen LogP contribution is 2.46. The molecule has 20 nitrogen and oxygen atoms in total. The fraction of sp³-hybridized carbons (Fsp3) is 0.528. The van der Waals surface area contributed by atoms with Crippen molar-refractivity contribution in [1.29, 1.82) is 0 Å². The van der Waals surface area contributed by atoms with E-state index in [-0.39, 0.29) is 81.4 Å². The van der Waals surface area contributed by atoms with Gasteiger partial charge in [0.25, 0.3) is 0 Å². The van der Waals surface area contributed by atoms with Crippen LogP contribution in [0.1, 0.15) is 183 Å². The van der Waals surface area contributed by atoms with Gasteiger partial charge in [-0.1, -0.05) is 120 Å². The maximum Gasteiger partial charge on any atom is 0.495 e. The molecule has 6 saturated heterocycles. The molecule has 0 saturated carbocycles. The summed E-state index contributed by atoms with van der Waals surface area (Å²) in [6.07, 6.45) is 13.0. The van der Waals surface area contributed by atoms with Gasteiger partial charge in [0.15, 0.2) is 0 Å². The van der Waals surface area contributed by atoms with E-state index in [2.05, 4.69) is 185 Å². The summed E-state index contributed by atoms with van der Waals surface area (Å²) in [7, 11) is -11.0. The number of rotatable bonds is 10. The van der Waals surface area contributed by atoms with Gasteiger partial charge in [-0.25, -0.2) is 16.8 Å².